The topological polar surface area (TPSA) is 64.2 Å². The van der Waals surface area contributed by atoms with Gasteiger partial charge in [0.05, 0.1) is 22.3 Å². The molecule has 0 amide bonds. The predicted octanol–water partition coefficient (Wildman–Crippen LogP) is 5.86. The third-order valence-electron chi connectivity index (χ3n) is 4.54. The first-order valence-electron chi connectivity index (χ1n) is 8.60. The van der Waals surface area contributed by atoms with Gasteiger partial charge in [-0.3, -0.25) is 4.99 Å². The highest BCUT2D eigenvalue weighted by molar-refractivity contribution is 7.07. The molecule has 1 aromatic carbocycles. The molecule has 0 bridgehead atoms. The van der Waals surface area contributed by atoms with E-state index in [1.54, 1.807) is 23.7 Å². The van der Waals surface area contributed by atoms with Crippen LogP contribution in [0.4, 0.5) is 5.69 Å². The number of nitrogens with zero attached hydrogens (tertiary/aromatic N) is 4. The zero-order valence-electron chi connectivity index (χ0n) is 15.1. The lowest BCUT2D eigenvalue weighted by molar-refractivity contribution is 0.436. The van der Waals surface area contributed by atoms with Gasteiger partial charge in [0.2, 0.25) is 0 Å². The molecule has 0 aliphatic heterocycles. The Kier molecular flexibility index (Phi) is 4.64. The van der Waals surface area contributed by atoms with E-state index >= 15 is 0 Å². The van der Waals surface area contributed by atoms with E-state index in [-0.39, 0.29) is 5.92 Å². The Hall–Kier alpha value is -3.12. The Morgan fingerprint density at radius 3 is 2.89 bits per heavy atom. The van der Waals surface area contributed by atoms with Gasteiger partial charge in [-0.25, -0.2) is 9.97 Å². The molecule has 0 unspecified atom stereocenters. The van der Waals surface area contributed by atoms with Crippen LogP contribution in [0, 0.1) is 0 Å². The van der Waals surface area contributed by atoms with Crippen LogP contribution in [0.15, 0.2) is 57.4 Å². The van der Waals surface area contributed by atoms with Crippen LogP contribution >= 0.6 is 11.3 Å². The maximum atomic E-state index is 5.46. The van der Waals surface area contributed by atoms with E-state index in [0.29, 0.717) is 5.71 Å². The van der Waals surface area contributed by atoms with Crippen molar-refractivity contribution >= 4 is 40.4 Å². The fourth-order valence-corrected chi connectivity index (χ4v) is 3.64. The minimum absolute atomic E-state index is 0.0390. The summed E-state index contributed by atoms with van der Waals surface area (Å²) in [6.07, 6.45) is 5.37. The molecule has 0 aliphatic carbocycles. The molecule has 134 valence electrons. The van der Waals surface area contributed by atoms with Gasteiger partial charge in [-0.2, -0.15) is 0 Å². The summed E-state index contributed by atoms with van der Waals surface area (Å²) in [7, 11) is 0. The molecule has 6 heteroatoms. The molecule has 4 aromatic rings. The summed E-state index contributed by atoms with van der Waals surface area (Å²) in [4.78, 5) is 13.2. The van der Waals surface area contributed by atoms with Crippen molar-refractivity contribution in [1.82, 2.24) is 15.1 Å². The zero-order valence-corrected chi connectivity index (χ0v) is 15.9. The number of benzene rings is 1. The van der Waals surface area contributed by atoms with Gasteiger partial charge in [-0.15, -0.1) is 11.3 Å². The molecule has 0 saturated carbocycles. The van der Waals surface area contributed by atoms with Crippen LogP contribution in [0.3, 0.4) is 0 Å². The van der Waals surface area contributed by atoms with Crippen LogP contribution in [0.25, 0.3) is 28.4 Å². The van der Waals surface area contributed by atoms with Crippen LogP contribution in [0.1, 0.15) is 36.6 Å². The minimum atomic E-state index is 0.0390. The lowest BCUT2D eigenvalue weighted by Crippen LogP contribution is -1.98. The van der Waals surface area contributed by atoms with Crippen molar-refractivity contribution in [2.24, 2.45) is 4.99 Å². The second-order valence-electron chi connectivity index (χ2n) is 6.15. The van der Waals surface area contributed by atoms with Gasteiger partial charge in [0.25, 0.3) is 5.71 Å². The summed E-state index contributed by atoms with van der Waals surface area (Å²) in [5, 5.41) is 7.21. The first-order chi connectivity index (χ1) is 13.2. The van der Waals surface area contributed by atoms with Gasteiger partial charge in [0.15, 0.2) is 0 Å². The van der Waals surface area contributed by atoms with Crippen molar-refractivity contribution in [2.75, 3.05) is 0 Å². The molecule has 0 spiro atoms. The van der Waals surface area contributed by atoms with E-state index in [0.717, 1.165) is 39.2 Å². The molecule has 3 aromatic heterocycles. The Morgan fingerprint density at radius 1 is 1.26 bits per heavy atom. The summed E-state index contributed by atoms with van der Waals surface area (Å²) >= 11 is 1.56. The number of hydrogen-bond donors (Lipinski definition) is 0. The van der Waals surface area contributed by atoms with Gasteiger partial charge in [-0.1, -0.05) is 30.8 Å². The Morgan fingerprint density at radius 2 is 2.15 bits per heavy atom. The van der Waals surface area contributed by atoms with Crippen molar-refractivity contribution < 1.29 is 4.52 Å². The quantitative estimate of drug-likeness (QED) is 0.410. The number of pyridine rings is 1. The highest BCUT2D eigenvalue weighted by Gasteiger charge is 2.19. The monoisotopic (exact) mass is 374 g/mol. The molecule has 5 nitrogen and oxygen atoms in total. The van der Waals surface area contributed by atoms with Crippen LogP contribution in [-0.2, 0) is 0 Å². The van der Waals surface area contributed by atoms with E-state index in [9.17, 15) is 0 Å². The SMILES string of the molecule is C=Cc1cc([C@H](C)c2noc3ncc(-c4cscn4)cc23)ccc1N=CC. The van der Waals surface area contributed by atoms with E-state index in [1.165, 1.54) is 0 Å². The molecular formula is C21H18N4OS. The first-order valence-corrected chi connectivity index (χ1v) is 9.54. The fourth-order valence-electron chi connectivity index (χ4n) is 3.08. The molecule has 3 heterocycles. The fraction of sp³-hybridized carbons (Fsp3) is 0.143. The normalized spacial score (nSPS) is 12.7. The highest BCUT2D eigenvalue weighted by atomic mass is 32.1. The van der Waals surface area contributed by atoms with Crippen molar-refractivity contribution in [2.45, 2.75) is 19.8 Å². The van der Waals surface area contributed by atoms with Crippen molar-refractivity contribution in [3.63, 3.8) is 0 Å². The number of aromatic nitrogens is 3. The summed E-state index contributed by atoms with van der Waals surface area (Å²) in [5.74, 6) is 0.0390. The average Bonchev–Trinajstić information content (AvgIpc) is 3.37. The number of hydrogen-bond acceptors (Lipinski definition) is 6. The van der Waals surface area contributed by atoms with E-state index in [1.807, 2.05) is 36.0 Å². The van der Waals surface area contributed by atoms with Gasteiger partial charge in [0.1, 0.15) is 5.69 Å². The van der Waals surface area contributed by atoms with Crippen molar-refractivity contribution in [1.29, 1.82) is 0 Å². The maximum absolute atomic E-state index is 5.46. The third kappa shape index (κ3) is 3.19. The van der Waals surface area contributed by atoms with E-state index < -0.39 is 0 Å². The average molecular weight is 374 g/mol. The van der Waals surface area contributed by atoms with Crippen LogP contribution in [0.5, 0.6) is 0 Å². The Labute approximate surface area is 161 Å². The predicted molar refractivity (Wildman–Crippen MR) is 111 cm³/mol. The number of fused-ring (bicyclic) bond motifs is 1. The third-order valence-corrected chi connectivity index (χ3v) is 5.12. The van der Waals surface area contributed by atoms with Crippen molar-refractivity contribution in [3.8, 4) is 11.3 Å². The first kappa shape index (κ1) is 17.3. The standard InChI is InChI=1S/C21H18N4OS/c1-4-14-8-15(6-7-18(14)22-5-2)13(3)20-17-9-16(19-11-27-12-24-19)10-23-21(17)26-25-20/h4-13H,1H2,2-3H3/t13-/m0/s1. The second-order valence-corrected chi connectivity index (χ2v) is 6.87. The molecule has 0 fully saturated rings. The molecule has 27 heavy (non-hydrogen) atoms. The highest BCUT2D eigenvalue weighted by Crippen LogP contribution is 2.33. The van der Waals surface area contributed by atoms with Gasteiger partial charge in [-0.05, 0) is 36.2 Å². The van der Waals surface area contributed by atoms with Crippen LogP contribution in [-0.4, -0.2) is 21.3 Å². The van der Waals surface area contributed by atoms with Gasteiger partial charge >= 0.3 is 0 Å². The maximum Gasteiger partial charge on any atom is 0.257 e. The molecular weight excluding hydrogens is 356 g/mol. The van der Waals surface area contributed by atoms with E-state index in [2.05, 4.69) is 45.8 Å². The largest absolute Gasteiger partial charge is 0.336 e. The van der Waals surface area contributed by atoms with Crippen molar-refractivity contribution in [3.05, 3.63) is 64.8 Å². The van der Waals surface area contributed by atoms with Crippen LogP contribution < -0.4 is 0 Å². The summed E-state index contributed by atoms with van der Waals surface area (Å²) in [6, 6.07) is 8.21. The second kappa shape index (κ2) is 7.25. The number of rotatable bonds is 5. The van der Waals surface area contributed by atoms with E-state index in [4.69, 9.17) is 4.52 Å². The Balaban J connectivity index is 1.77. The summed E-state index contributed by atoms with van der Waals surface area (Å²) in [5.41, 5.74) is 8.09. The lowest BCUT2D eigenvalue weighted by Gasteiger charge is -2.11. The van der Waals surface area contributed by atoms with Gasteiger partial charge in [0, 0.05) is 29.3 Å². The lowest BCUT2D eigenvalue weighted by atomic mass is 9.93. The number of aliphatic imine (C=N–C) groups is 1. The molecule has 0 aliphatic rings. The molecule has 0 N–H and O–H groups in total. The molecule has 4 rings (SSSR count). The number of thiazole rings is 1. The van der Waals surface area contributed by atoms with Crippen LogP contribution in [0.2, 0.25) is 0 Å². The zero-order chi connectivity index (χ0) is 18.8. The smallest absolute Gasteiger partial charge is 0.257 e. The molecule has 0 saturated heterocycles. The molecule has 1 atom stereocenters. The Bertz CT molecular complexity index is 1130. The van der Waals surface area contributed by atoms with Gasteiger partial charge < -0.3 is 4.52 Å². The molecule has 0 radical (unpaired) electrons. The summed E-state index contributed by atoms with van der Waals surface area (Å²) < 4.78 is 5.46. The summed E-state index contributed by atoms with van der Waals surface area (Å²) in [6.45, 7) is 7.91. The minimum Gasteiger partial charge on any atom is -0.336 e.